The fraction of sp³-hybridized carbons (Fsp3) is 0.438. The molecule has 110 valence electrons. The van der Waals surface area contributed by atoms with E-state index in [9.17, 15) is 10.1 Å². The summed E-state index contributed by atoms with van der Waals surface area (Å²) in [5, 5.41) is 15.4. The van der Waals surface area contributed by atoms with Gasteiger partial charge < -0.3 is 5.32 Å². The molecule has 1 heterocycles. The predicted molar refractivity (Wildman–Crippen MR) is 83.5 cm³/mol. The van der Waals surface area contributed by atoms with E-state index in [1.54, 1.807) is 0 Å². The zero-order valence-corrected chi connectivity index (χ0v) is 12.1. The van der Waals surface area contributed by atoms with Crippen LogP contribution in [0.5, 0.6) is 0 Å². The Kier molecular flexibility index (Phi) is 3.49. The lowest BCUT2D eigenvalue weighted by atomic mass is 10.0. The molecule has 0 saturated heterocycles. The molecule has 0 bridgehead atoms. The van der Waals surface area contributed by atoms with Crippen LogP contribution >= 0.6 is 0 Å². The van der Waals surface area contributed by atoms with Gasteiger partial charge in [0.15, 0.2) is 0 Å². The summed E-state index contributed by atoms with van der Waals surface area (Å²) < 4.78 is 0. The van der Waals surface area contributed by atoms with E-state index < -0.39 is 0 Å². The molecule has 0 amide bonds. The van der Waals surface area contributed by atoms with Gasteiger partial charge in [0.2, 0.25) is 0 Å². The average Bonchev–Trinajstić information content (AvgIpc) is 3.25. The monoisotopic (exact) mass is 285 g/mol. The molecule has 5 heteroatoms. The number of para-hydroxylation sites is 1. The van der Waals surface area contributed by atoms with Crippen molar-refractivity contribution in [2.45, 2.75) is 32.6 Å². The van der Waals surface area contributed by atoms with Gasteiger partial charge in [-0.1, -0.05) is 31.5 Å². The summed E-state index contributed by atoms with van der Waals surface area (Å²) in [5.74, 6) is 0. The highest BCUT2D eigenvalue weighted by atomic mass is 16.6. The van der Waals surface area contributed by atoms with E-state index >= 15 is 0 Å². The van der Waals surface area contributed by atoms with Gasteiger partial charge in [0.1, 0.15) is 11.9 Å². The fourth-order valence-corrected chi connectivity index (χ4v) is 2.95. The Morgan fingerprint density at radius 2 is 2.14 bits per heavy atom. The zero-order valence-electron chi connectivity index (χ0n) is 12.1. The Labute approximate surface area is 123 Å². The summed E-state index contributed by atoms with van der Waals surface area (Å²) in [6.07, 6.45) is 6.11. The predicted octanol–water partition coefficient (Wildman–Crippen LogP) is 4.14. The maximum absolute atomic E-state index is 11.3. The highest BCUT2D eigenvalue weighted by Crippen LogP contribution is 2.50. The van der Waals surface area contributed by atoms with Crippen LogP contribution in [-0.2, 0) is 0 Å². The second kappa shape index (κ2) is 5.31. The lowest BCUT2D eigenvalue weighted by Crippen LogP contribution is -2.16. The smallest absolute Gasteiger partial charge is 0.311 e. The van der Waals surface area contributed by atoms with Crippen LogP contribution in [0, 0.1) is 15.5 Å². The number of pyridine rings is 1. The molecular weight excluding hydrogens is 266 g/mol. The van der Waals surface area contributed by atoms with Gasteiger partial charge in [-0.3, -0.25) is 10.1 Å². The van der Waals surface area contributed by atoms with Gasteiger partial charge in [-0.2, -0.15) is 0 Å². The molecule has 0 atom stereocenters. The van der Waals surface area contributed by atoms with E-state index in [1.165, 1.54) is 25.5 Å². The van der Waals surface area contributed by atoms with Crippen LogP contribution in [0.4, 0.5) is 11.4 Å². The third-order valence-corrected chi connectivity index (χ3v) is 4.33. The van der Waals surface area contributed by atoms with E-state index in [0.717, 1.165) is 23.9 Å². The minimum atomic E-state index is -0.360. The van der Waals surface area contributed by atoms with E-state index in [-0.39, 0.29) is 10.6 Å². The first-order chi connectivity index (χ1) is 10.2. The van der Waals surface area contributed by atoms with Gasteiger partial charge >= 0.3 is 5.69 Å². The maximum atomic E-state index is 11.3. The molecular formula is C16H19N3O2. The van der Waals surface area contributed by atoms with Crippen LogP contribution in [0.25, 0.3) is 10.9 Å². The molecule has 1 aromatic carbocycles. The van der Waals surface area contributed by atoms with Crippen LogP contribution in [0.1, 0.15) is 32.6 Å². The van der Waals surface area contributed by atoms with Crippen LogP contribution in [0.2, 0.25) is 0 Å². The van der Waals surface area contributed by atoms with Crippen molar-refractivity contribution in [3.8, 4) is 0 Å². The lowest BCUT2D eigenvalue weighted by Gasteiger charge is -2.17. The third-order valence-electron chi connectivity index (χ3n) is 4.33. The topological polar surface area (TPSA) is 68.1 Å². The first-order valence-corrected chi connectivity index (χ1v) is 7.41. The summed E-state index contributed by atoms with van der Waals surface area (Å²) in [4.78, 5) is 15.1. The normalized spacial score (nSPS) is 15.9. The second-order valence-corrected chi connectivity index (χ2v) is 5.90. The third kappa shape index (κ3) is 2.68. The number of aromatic nitrogens is 1. The Hall–Kier alpha value is -2.17. The highest BCUT2D eigenvalue weighted by Gasteiger charge is 2.41. The minimum absolute atomic E-state index is 0.0565. The van der Waals surface area contributed by atoms with Crippen molar-refractivity contribution < 1.29 is 4.92 Å². The Balaban J connectivity index is 1.95. The summed E-state index contributed by atoms with van der Waals surface area (Å²) in [6, 6.07) is 7.54. The Morgan fingerprint density at radius 1 is 1.38 bits per heavy atom. The minimum Gasteiger partial charge on any atom is -0.378 e. The van der Waals surface area contributed by atoms with Crippen molar-refractivity contribution in [3.63, 3.8) is 0 Å². The molecule has 2 aromatic rings. The lowest BCUT2D eigenvalue weighted by molar-refractivity contribution is -0.384. The van der Waals surface area contributed by atoms with Crippen molar-refractivity contribution in [2.75, 3.05) is 11.9 Å². The summed E-state index contributed by atoms with van der Waals surface area (Å²) in [5.41, 5.74) is 1.78. The molecule has 5 nitrogen and oxygen atoms in total. The van der Waals surface area contributed by atoms with Gasteiger partial charge in [-0.15, -0.1) is 0 Å². The number of rotatable bonds is 6. The Morgan fingerprint density at radius 3 is 2.81 bits per heavy atom. The number of nitrogens with zero attached hydrogens (tertiary/aromatic N) is 2. The summed E-state index contributed by atoms with van der Waals surface area (Å²) >= 11 is 0. The van der Waals surface area contributed by atoms with Crippen LogP contribution in [-0.4, -0.2) is 16.5 Å². The molecule has 1 aliphatic rings. The number of nitro groups is 1. The molecule has 21 heavy (non-hydrogen) atoms. The van der Waals surface area contributed by atoms with Crippen LogP contribution in [0.3, 0.4) is 0 Å². The maximum Gasteiger partial charge on any atom is 0.311 e. The molecule has 0 radical (unpaired) electrons. The first kappa shape index (κ1) is 13.8. The Bertz CT molecular complexity index is 680. The van der Waals surface area contributed by atoms with Gasteiger partial charge in [0.05, 0.1) is 10.4 Å². The fourth-order valence-electron chi connectivity index (χ4n) is 2.95. The van der Waals surface area contributed by atoms with Crippen molar-refractivity contribution in [3.05, 3.63) is 40.6 Å². The molecule has 1 aliphatic carbocycles. The molecule has 1 fully saturated rings. The summed E-state index contributed by atoms with van der Waals surface area (Å²) in [7, 11) is 0. The van der Waals surface area contributed by atoms with Crippen molar-refractivity contribution in [2.24, 2.45) is 5.41 Å². The highest BCUT2D eigenvalue weighted by molar-refractivity contribution is 5.95. The number of fused-ring (bicyclic) bond motifs is 1. The van der Waals surface area contributed by atoms with E-state index in [2.05, 4.69) is 17.2 Å². The number of hydrogen-bond acceptors (Lipinski definition) is 4. The van der Waals surface area contributed by atoms with Gasteiger partial charge in [-0.05, 0) is 30.7 Å². The molecule has 1 N–H and O–H groups in total. The van der Waals surface area contributed by atoms with Crippen molar-refractivity contribution in [1.82, 2.24) is 4.98 Å². The standard InChI is InChI=1S/C16H19N3O2/c1-2-7-16(8-9-16)11-18-15-12-5-3-4-6-13(12)17-10-14(15)19(20)21/h3-6,10H,2,7-9,11H2,1H3,(H,17,18). The molecule has 3 rings (SSSR count). The van der Waals surface area contributed by atoms with Crippen molar-refractivity contribution in [1.29, 1.82) is 0 Å². The molecule has 0 spiro atoms. The van der Waals surface area contributed by atoms with Crippen LogP contribution < -0.4 is 5.32 Å². The van der Waals surface area contributed by atoms with Gasteiger partial charge in [0.25, 0.3) is 0 Å². The average molecular weight is 285 g/mol. The van der Waals surface area contributed by atoms with E-state index in [4.69, 9.17) is 0 Å². The molecule has 0 aliphatic heterocycles. The number of hydrogen-bond donors (Lipinski definition) is 1. The van der Waals surface area contributed by atoms with Crippen LogP contribution in [0.15, 0.2) is 30.5 Å². The summed E-state index contributed by atoms with van der Waals surface area (Å²) in [6.45, 7) is 2.99. The molecule has 1 saturated carbocycles. The number of nitrogens with one attached hydrogen (secondary N) is 1. The molecule has 0 unspecified atom stereocenters. The number of benzene rings is 1. The quantitative estimate of drug-likeness (QED) is 0.640. The second-order valence-electron chi connectivity index (χ2n) is 5.90. The van der Waals surface area contributed by atoms with Gasteiger partial charge in [-0.25, -0.2) is 4.98 Å². The van der Waals surface area contributed by atoms with E-state index in [0.29, 0.717) is 11.1 Å². The first-order valence-electron chi connectivity index (χ1n) is 7.41. The zero-order chi connectivity index (χ0) is 14.9. The SMILES string of the molecule is CCCC1(CNc2c([N+](=O)[O-])cnc3ccccc23)CC1. The molecule has 1 aromatic heterocycles. The largest absolute Gasteiger partial charge is 0.378 e. The van der Waals surface area contributed by atoms with E-state index in [1.807, 2.05) is 24.3 Å². The van der Waals surface area contributed by atoms with Gasteiger partial charge in [0, 0.05) is 11.9 Å². The number of anilines is 1. The van der Waals surface area contributed by atoms with Crippen molar-refractivity contribution >= 4 is 22.3 Å².